The SMILES string of the molecule is N#Cc1ccc(N2CC(Cn3ncccc3=O)C2)nc1. The molecule has 1 aliphatic heterocycles. The van der Waals surface area contributed by atoms with Crippen molar-refractivity contribution in [1.29, 1.82) is 5.26 Å². The monoisotopic (exact) mass is 267 g/mol. The maximum atomic E-state index is 11.6. The summed E-state index contributed by atoms with van der Waals surface area (Å²) in [6, 6.07) is 8.83. The quantitative estimate of drug-likeness (QED) is 0.816. The van der Waals surface area contributed by atoms with Crippen molar-refractivity contribution in [2.45, 2.75) is 6.54 Å². The van der Waals surface area contributed by atoms with Crippen LogP contribution in [0.25, 0.3) is 0 Å². The second kappa shape index (κ2) is 5.13. The summed E-state index contributed by atoms with van der Waals surface area (Å²) in [7, 11) is 0. The molecule has 0 unspecified atom stereocenters. The van der Waals surface area contributed by atoms with Crippen LogP contribution >= 0.6 is 0 Å². The number of nitrogens with zero attached hydrogens (tertiary/aromatic N) is 5. The lowest BCUT2D eigenvalue weighted by Crippen LogP contribution is -2.50. The van der Waals surface area contributed by atoms with Gasteiger partial charge in [-0.2, -0.15) is 10.4 Å². The molecule has 1 aliphatic rings. The molecule has 1 fully saturated rings. The van der Waals surface area contributed by atoms with Gasteiger partial charge in [0.2, 0.25) is 0 Å². The number of nitriles is 1. The zero-order chi connectivity index (χ0) is 13.9. The van der Waals surface area contributed by atoms with Crippen LogP contribution in [0, 0.1) is 17.2 Å². The van der Waals surface area contributed by atoms with Gasteiger partial charge in [0.15, 0.2) is 0 Å². The van der Waals surface area contributed by atoms with Crippen molar-refractivity contribution < 1.29 is 0 Å². The van der Waals surface area contributed by atoms with E-state index >= 15 is 0 Å². The number of aromatic nitrogens is 3. The van der Waals surface area contributed by atoms with E-state index in [9.17, 15) is 4.79 Å². The number of hydrogen-bond donors (Lipinski definition) is 0. The van der Waals surface area contributed by atoms with Crippen LogP contribution in [0.1, 0.15) is 5.56 Å². The summed E-state index contributed by atoms with van der Waals surface area (Å²) in [5, 5.41) is 12.8. The summed E-state index contributed by atoms with van der Waals surface area (Å²) in [6.07, 6.45) is 3.20. The molecule has 0 radical (unpaired) electrons. The largest absolute Gasteiger partial charge is 0.356 e. The van der Waals surface area contributed by atoms with Crippen LogP contribution in [-0.4, -0.2) is 27.9 Å². The van der Waals surface area contributed by atoms with Crippen molar-refractivity contribution in [3.05, 3.63) is 52.6 Å². The average molecular weight is 267 g/mol. The molecule has 2 aromatic heterocycles. The Hall–Kier alpha value is -2.68. The molecule has 0 amide bonds. The normalized spacial score (nSPS) is 14.7. The van der Waals surface area contributed by atoms with Crippen LogP contribution in [0.2, 0.25) is 0 Å². The fraction of sp³-hybridized carbons (Fsp3) is 0.286. The Morgan fingerprint density at radius 1 is 1.35 bits per heavy atom. The van der Waals surface area contributed by atoms with Crippen LogP contribution in [0.3, 0.4) is 0 Å². The van der Waals surface area contributed by atoms with E-state index in [1.54, 1.807) is 24.5 Å². The van der Waals surface area contributed by atoms with Crippen molar-refractivity contribution >= 4 is 5.82 Å². The summed E-state index contributed by atoms with van der Waals surface area (Å²) in [5.74, 6) is 1.27. The maximum Gasteiger partial charge on any atom is 0.266 e. The molecule has 100 valence electrons. The van der Waals surface area contributed by atoms with Crippen molar-refractivity contribution in [3.63, 3.8) is 0 Å². The van der Waals surface area contributed by atoms with Gasteiger partial charge in [0.1, 0.15) is 11.9 Å². The minimum Gasteiger partial charge on any atom is -0.356 e. The van der Waals surface area contributed by atoms with Crippen LogP contribution < -0.4 is 10.5 Å². The molecule has 0 N–H and O–H groups in total. The summed E-state index contributed by atoms with van der Waals surface area (Å²) in [4.78, 5) is 17.9. The smallest absolute Gasteiger partial charge is 0.266 e. The summed E-state index contributed by atoms with van der Waals surface area (Å²) < 4.78 is 1.49. The summed E-state index contributed by atoms with van der Waals surface area (Å²) >= 11 is 0. The molecule has 20 heavy (non-hydrogen) atoms. The lowest BCUT2D eigenvalue weighted by atomic mass is 10.0. The van der Waals surface area contributed by atoms with Gasteiger partial charge in [0.25, 0.3) is 5.56 Å². The zero-order valence-corrected chi connectivity index (χ0v) is 10.8. The van der Waals surface area contributed by atoms with E-state index in [2.05, 4.69) is 15.0 Å². The lowest BCUT2D eigenvalue weighted by Gasteiger charge is -2.40. The Morgan fingerprint density at radius 2 is 2.20 bits per heavy atom. The van der Waals surface area contributed by atoms with E-state index in [0.29, 0.717) is 18.0 Å². The van der Waals surface area contributed by atoms with Crippen molar-refractivity contribution in [3.8, 4) is 6.07 Å². The van der Waals surface area contributed by atoms with Gasteiger partial charge in [0.05, 0.1) is 12.1 Å². The number of anilines is 1. The van der Waals surface area contributed by atoms with Gasteiger partial charge in [-0.1, -0.05) is 0 Å². The minimum absolute atomic E-state index is 0.0672. The van der Waals surface area contributed by atoms with Crippen LogP contribution in [0.15, 0.2) is 41.5 Å². The maximum absolute atomic E-state index is 11.6. The molecule has 6 heteroatoms. The Kier molecular flexibility index (Phi) is 3.17. The topological polar surface area (TPSA) is 74.8 Å². The van der Waals surface area contributed by atoms with Gasteiger partial charge in [-0.25, -0.2) is 9.67 Å². The molecule has 2 aromatic rings. The zero-order valence-electron chi connectivity index (χ0n) is 10.8. The fourth-order valence-corrected chi connectivity index (χ4v) is 2.28. The first-order valence-corrected chi connectivity index (χ1v) is 6.39. The predicted octanol–water partition coefficient (Wildman–Crippen LogP) is 0.646. The number of rotatable bonds is 3. The van der Waals surface area contributed by atoms with Crippen LogP contribution in [0.5, 0.6) is 0 Å². The lowest BCUT2D eigenvalue weighted by molar-refractivity contribution is 0.333. The van der Waals surface area contributed by atoms with Gasteiger partial charge < -0.3 is 4.90 Å². The molecular formula is C14H13N5O. The molecule has 6 nitrogen and oxygen atoms in total. The van der Waals surface area contributed by atoms with Crippen molar-refractivity contribution in [2.75, 3.05) is 18.0 Å². The van der Waals surface area contributed by atoms with E-state index in [1.165, 1.54) is 10.7 Å². The highest BCUT2D eigenvalue weighted by Crippen LogP contribution is 2.23. The fourth-order valence-electron chi connectivity index (χ4n) is 2.28. The number of pyridine rings is 1. The van der Waals surface area contributed by atoms with E-state index in [0.717, 1.165) is 18.9 Å². The van der Waals surface area contributed by atoms with Gasteiger partial charge in [0, 0.05) is 37.5 Å². The van der Waals surface area contributed by atoms with Crippen LogP contribution in [0.4, 0.5) is 5.82 Å². The second-order valence-electron chi connectivity index (χ2n) is 4.83. The first kappa shape index (κ1) is 12.4. The van der Waals surface area contributed by atoms with Gasteiger partial charge >= 0.3 is 0 Å². The minimum atomic E-state index is -0.0672. The molecule has 3 rings (SSSR count). The summed E-state index contributed by atoms with van der Waals surface area (Å²) in [5.41, 5.74) is 0.494. The third-order valence-corrected chi connectivity index (χ3v) is 3.37. The average Bonchev–Trinajstić information content (AvgIpc) is 2.44. The predicted molar refractivity (Wildman–Crippen MR) is 73.2 cm³/mol. The molecule has 1 saturated heterocycles. The van der Waals surface area contributed by atoms with Gasteiger partial charge in [-0.3, -0.25) is 4.79 Å². The van der Waals surface area contributed by atoms with E-state index in [1.807, 2.05) is 12.1 Å². The second-order valence-corrected chi connectivity index (χ2v) is 4.83. The molecule has 0 atom stereocenters. The van der Waals surface area contributed by atoms with E-state index in [4.69, 9.17) is 5.26 Å². The third-order valence-electron chi connectivity index (χ3n) is 3.37. The number of hydrogen-bond acceptors (Lipinski definition) is 5. The summed E-state index contributed by atoms with van der Waals surface area (Å²) in [6.45, 7) is 2.33. The van der Waals surface area contributed by atoms with E-state index in [-0.39, 0.29) is 5.56 Å². The highest BCUT2D eigenvalue weighted by Gasteiger charge is 2.28. The first-order valence-electron chi connectivity index (χ1n) is 6.39. The molecule has 3 heterocycles. The Morgan fingerprint density at radius 3 is 2.85 bits per heavy atom. The van der Waals surface area contributed by atoms with Gasteiger partial charge in [-0.05, 0) is 18.2 Å². The van der Waals surface area contributed by atoms with E-state index < -0.39 is 0 Å². The first-order chi connectivity index (χ1) is 9.76. The molecule has 0 aromatic carbocycles. The highest BCUT2D eigenvalue weighted by atomic mass is 16.1. The van der Waals surface area contributed by atoms with Gasteiger partial charge in [-0.15, -0.1) is 0 Å². The van der Waals surface area contributed by atoms with Crippen LogP contribution in [-0.2, 0) is 6.54 Å². The Labute approximate surface area is 115 Å². The van der Waals surface area contributed by atoms with Crippen molar-refractivity contribution in [2.24, 2.45) is 5.92 Å². The molecular weight excluding hydrogens is 254 g/mol. The standard InChI is InChI=1S/C14H13N5O/c15-6-11-3-4-13(16-7-11)18-8-12(9-18)10-19-14(20)2-1-5-17-19/h1-5,7,12H,8-10H2. The van der Waals surface area contributed by atoms with Crippen molar-refractivity contribution in [1.82, 2.24) is 14.8 Å². The molecule has 0 aliphatic carbocycles. The molecule has 0 saturated carbocycles. The Balaban J connectivity index is 1.60. The molecule has 0 spiro atoms. The molecule has 0 bridgehead atoms. The Bertz CT molecular complexity index is 694. The highest BCUT2D eigenvalue weighted by molar-refractivity contribution is 5.44. The third kappa shape index (κ3) is 2.38.